The van der Waals surface area contributed by atoms with Gasteiger partial charge in [0.25, 0.3) is 0 Å². The van der Waals surface area contributed by atoms with Crippen molar-refractivity contribution in [2.75, 3.05) is 6.61 Å². The number of allylic oxidation sites excluding steroid dienone is 4. The first-order valence-corrected chi connectivity index (χ1v) is 14.8. The Hall–Kier alpha value is -4.16. The number of nitrogens with zero attached hydrogens (tertiary/aromatic N) is 1. The standard InChI is InChI=1S/C35H33F2NO6/c1-32-14-12-24(39)18-27(32)28(36)19-26-25-13-15-34(31(42)43-17-16-38,33(25,2)20-29(40)35(26,32)37)44-30(41)23-10-8-22(9-11-23)21-6-4-3-5-7-21/h3-12,14,18,25-26,28-29,40H,13,15,17,19-20H2,1-2H3/t25-,26-,28-,29-,32-,33-,34-,35-/m0/s1. The second-order valence-corrected chi connectivity index (χ2v) is 12.8. The molecule has 8 atom stereocenters. The van der Waals surface area contributed by atoms with E-state index in [9.17, 15) is 19.5 Å². The largest absolute Gasteiger partial charge is 0.447 e. The highest BCUT2D eigenvalue weighted by Gasteiger charge is 2.77. The Morgan fingerprint density at radius 2 is 1.75 bits per heavy atom. The number of alkyl halides is 2. The molecule has 4 aliphatic carbocycles. The second kappa shape index (κ2) is 10.5. The van der Waals surface area contributed by atoms with Crippen molar-refractivity contribution >= 4 is 17.7 Å². The summed E-state index contributed by atoms with van der Waals surface area (Å²) in [6.07, 6.45) is -0.168. The van der Waals surface area contributed by atoms with Crippen LogP contribution in [0.4, 0.5) is 8.78 Å². The summed E-state index contributed by atoms with van der Waals surface area (Å²) in [5.74, 6) is -3.98. The number of carbonyl (C=O) groups excluding carboxylic acids is 3. The summed E-state index contributed by atoms with van der Waals surface area (Å²) in [4.78, 5) is 39.5. The molecule has 0 unspecified atom stereocenters. The summed E-state index contributed by atoms with van der Waals surface area (Å²) >= 11 is 0. The Balaban J connectivity index is 1.37. The number of ketones is 1. The normalized spacial score (nSPS) is 37.1. The molecule has 3 fully saturated rings. The molecule has 0 amide bonds. The predicted octanol–water partition coefficient (Wildman–Crippen LogP) is 5.63. The van der Waals surface area contributed by atoms with Gasteiger partial charge in [0.1, 0.15) is 12.2 Å². The molecule has 0 bridgehead atoms. The maximum atomic E-state index is 17.5. The second-order valence-electron chi connectivity index (χ2n) is 12.8. The van der Waals surface area contributed by atoms with Gasteiger partial charge in [-0.25, -0.2) is 18.4 Å². The van der Waals surface area contributed by atoms with Crippen molar-refractivity contribution in [2.24, 2.45) is 22.7 Å². The number of aliphatic hydroxyl groups is 1. The highest BCUT2D eigenvalue weighted by molar-refractivity contribution is 6.01. The molecule has 9 heteroatoms. The van der Waals surface area contributed by atoms with Crippen LogP contribution < -0.4 is 0 Å². The van der Waals surface area contributed by atoms with E-state index < -0.39 is 70.5 Å². The average Bonchev–Trinajstić information content (AvgIpc) is 3.30. The monoisotopic (exact) mass is 601 g/mol. The predicted molar refractivity (Wildman–Crippen MR) is 155 cm³/mol. The fourth-order valence-corrected chi connectivity index (χ4v) is 8.60. The van der Waals surface area contributed by atoms with Crippen LogP contribution >= 0.6 is 0 Å². The SMILES string of the molecule is C[C@]12C=CC(=O)C=C1[C@@H](F)C[C@H]1[C@@H]3CC[C@](OC(=O)c4ccc(-c5ccccc5)cc4)(C(=O)OCC#N)[C@@]3(C)C[C@H](O)[C@@]12F. The maximum Gasteiger partial charge on any atom is 0.352 e. The number of benzene rings is 2. The lowest BCUT2D eigenvalue weighted by atomic mass is 9.44. The van der Waals surface area contributed by atoms with Gasteiger partial charge in [0, 0.05) is 16.7 Å². The lowest BCUT2D eigenvalue weighted by Gasteiger charge is -2.62. The highest BCUT2D eigenvalue weighted by Crippen LogP contribution is 2.70. The number of halogens is 2. The summed E-state index contributed by atoms with van der Waals surface area (Å²) in [5.41, 5.74) is -5.29. The lowest BCUT2D eigenvalue weighted by molar-refractivity contribution is -0.228. The number of carbonyl (C=O) groups is 3. The van der Waals surface area contributed by atoms with Crippen LogP contribution in [0.2, 0.25) is 0 Å². The molecule has 0 aliphatic heterocycles. The number of ether oxygens (including phenoxy) is 2. The number of esters is 2. The Bertz CT molecular complexity index is 1620. The minimum atomic E-state index is -2.35. The summed E-state index contributed by atoms with van der Waals surface area (Å²) in [7, 11) is 0. The number of aliphatic hydroxyl groups excluding tert-OH is 1. The van der Waals surface area contributed by atoms with Gasteiger partial charge in [0.15, 0.2) is 18.1 Å². The van der Waals surface area contributed by atoms with Crippen LogP contribution in [0, 0.1) is 34.0 Å². The van der Waals surface area contributed by atoms with Crippen molar-refractivity contribution in [1.82, 2.24) is 0 Å². The molecule has 0 spiro atoms. The van der Waals surface area contributed by atoms with Gasteiger partial charge in [-0.05, 0) is 79.5 Å². The summed E-state index contributed by atoms with van der Waals surface area (Å²) in [6, 6.07) is 18.0. The summed E-state index contributed by atoms with van der Waals surface area (Å²) < 4.78 is 44.6. The van der Waals surface area contributed by atoms with Gasteiger partial charge < -0.3 is 14.6 Å². The minimum Gasteiger partial charge on any atom is -0.447 e. The summed E-state index contributed by atoms with van der Waals surface area (Å²) in [6.45, 7) is 2.55. The first-order valence-electron chi connectivity index (χ1n) is 14.8. The number of hydrogen-bond donors (Lipinski definition) is 1. The molecular weight excluding hydrogens is 568 g/mol. The molecule has 7 nitrogen and oxygen atoms in total. The molecule has 44 heavy (non-hydrogen) atoms. The Kier molecular flexibility index (Phi) is 7.12. The van der Waals surface area contributed by atoms with Crippen LogP contribution in [-0.4, -0.2) is 53.0 Å². The molecule has 0 radical (unpaired) electrons. The first kappa shape index (κ1) is 29.9. The fraction of sp³-hybridized carbons (Fsp3) is 0.429. The van der Waals surface area contributed by atoms with E-state index in [0.717, 1.165) is 17.2 Å². The molecule has 4 aliphatic rings. The van der Waals surface area contributed by atoms with Crippen molar-refractivity contribution in [3.63, 3.8) is 0 Å². The number of rotatable bonds is 5. The van der Waals surface area contributed by atoms with Crippen molar-refractivity contribution in [3.8, 4) is 17.2 Å². The quantitative estimate of drug-likeness (QED) is 0.442. The van der Waals surface area contributed by atoms with Crippen molar-refractivity contribution in [2.45, 2.75) is 63.1 Å². The Morgan fingerprint density at radius 3 is 2.43 bits per heavy atom. The van der Waals surface area contributed by atoms with Crippen LogP contribution in [0.15, 0.2) is 78.4 Å². The van der Waals surface area contributed by atoms with E-state index in [-0.39, 0.29) is 36.8 Å². The van der Waals surface area contributed by atoms with Gasteiger partial charge in [0.2, 0.25) is 5.60 Å². The molecule has 1 N–H and O–H groups in total. The first-order chi connectivity index (χ1) is 20.9. The third kappa shape index (κ3) is 4.11. The zero-order valence-corrected chi connectivity index (χ0v) is 24.5. The highest BCUT2D eigenvalue weighted by atomic mass is 19.1. The average molecular weight is 602 g/mol. The molecule has 0 saturated heterocycles. The fourth-order valence-electron chi connectivity index (χ4n) is 8.60. The van der Waals surface area contributed by atoms with Gasteiger partial charge in [-0.1, -0.05) is 55.5 Å². The molecule has 6 rings (SSSR count). The zero-order valence-electron chi connectivity index (χ0n) is 24.5. The Labute approximate surface area is 254 Å². The topological polar surface area (TPSA) is 114 Å². The van der Waals surface area contributed by atoms with Crippen LogP contribution in [-0.2, 0) is 19.1 Å². The third-order valence-corrected chi connectivity index (χ3v) is 10.8. The van der Waals surface area contributed by atoms with E-state index in [1.807, 2.05) is 30.3 Å². The zero-order chi connectivity index (χ0) is 31.5. The molecule has 0 heterocycles. The van der Waals surface area contributed by atoms with Crippen LogP contribution in [0.5, 0.6) is 0 Å². The van der Waals surface area contributed by atoms with Crippen molar-refractivity contribution < 1.29 is 37.7 Å². The van der Waals surface area contributed by atoms with Gasteiger partial charge >= 0.3 is 11.9 Å². The van der Waals surface area contributed by atoms with Gasteiger partial charge in [-0.15, -0.1) is 0 Å². The van der Waals surface area contributed by atoms with E-state index in [0.29, 0.717) is 0 Å². The van der Waals surface area contributed by atoms with Gasteiger partial charge in [-0.3, -0.25) is 4.79 Å². The van der Waals surface area contributed by atoms with E-state index in [1.54, 1.807) is 37.3 Å². The molecule has 2 aromatic rings. The van der Waals surface area contributed by atoms with E-state index in [2.05, 4.69) is 0 Å². The van der Waals surface area contributed by atoms with Crippen LogP contribution in [0.25, 0.3) is 11.1 Å². The molecular formula is C35H33F2NO6. The summed E-state index contributed by atoms with van der Waals surface area (Å²) in [5, 5.41) is 20.8. The van der Waals surface area contributed by atoms with Crippen LogP contribution in [0.3, 0.4) is 0 Å². The molecule has 2 aromatic carbocycles. The van der Waals surface area contributed by atoms with E-state index in [4.69, 9.17) is 14.7 Å². The molecule has 3 saturated carbocycles. The smallest absolute Gasteiger partial charge is 0.352 e. The molecule has 228 valence electrons. The lowest BCUT2D eigenvalue weighted by Crippen LogP contribution is -2.70. The van der Waals surface area contributed by atoms with Gasteiger partial charge in [-0.2, -0.15) is 5.26 Å². The number of nitriles is 1. The van der Waals surface area contributed by atoms with Crippen molar-refractivity contribution in [3.05, 3.63) is 84.0 Å². The maximum absolute atomic E-state index is 17.5. The molecule has 0 aromatic heterocycles. The van der Waals surface area contributed by atoms with Gasteiger partial charge in [0.05, 0.1) is 11.7 Å². The van der Waals surface area contributed by atoms with Crippen molar-refractivity contribution in [1.29, 1.82) is 5.26 Å². The third-order valence-electron chi connectivity index (χ3n) is 10.8. The minimum absolute atomic E-state index is 0.00512. The van der Waals surface area contributed by atoms with E-state index >= 15 is 8.78 Å². The van der Waals surface area contributed by atoms with Crippen LogP contribution in [0.1, 0.15) is 49.9 Å². The number of hydrogen-bond acceptors (Lipinski definition) is 7. The van der Waals surface area contributed by atoms with E-state index in [1.165, 1.54) is 19.1 Å². The Morgan fingerprint density at radius 1 is 1.07 bits per heavy atom. The number of fused-ring (bicyclic) bond motifs is 5.